The van der Waals surface area contributed by atoms with Gasteiger partial charge in [0.15, 0.2) is 0 Å². The number of hydrogen-bond acceptors (Lipinski definition) is 3. The van der Waals surface area contributed by atoms with E-state index in [-0.39, 0.29) is 11.7 Å². The molecule has 0 aromatic rings. The highest BCUT2D eigenvalue weighted by molar-refractivity contribution is 4.85. The first-order chi connectivity index (χ1) is 6.60. The SMILES string of the molecule is CCOC(C)(C)C1CN(CC)CCO1. The summed E-state index contributed by atoms with van der Waals surface area (Å²) < 4.78 is 11.5. The summed E-state index contributed by atoms with van der Waals surface area (Å²) in [5.41, 5.74) is -0.164. The third kappa shape index (κ3) is 2.94. The van der Waals surface area contributed by atoms with Gasteiger partial charge in [0.25, 0.3) is 0 Å². The van der Waals surface area contributed by atoms with Gasteiger partial charge in [-0.15, -0.1) is 0 Å². The fourth-order valence-corrected chi connectivity index (χ4v) is 1.88. The molecule has 14 heavy (non-hydrogen) atoms. The molecule has 1 unspecified atom stereocenters. The molecule has 1 aliphatic heterocycles. The molecule has 1 heterocycles. The van der Waals surface area contributed by atoms with Crippen molar-refractivity contribution in [2.24, 2.45) is 0 Å². The maximum atomic E-state index is 5.76. The lowest BCUT2D eigenvalue weighted by molar-refractivity contribution is -0.152. The summed E-state index contributed by atoms with van der Waals surface area (Å²) in [5.74, 6) is 0. The minimum Gasteiger partial charge on any atom is -0.373 e. The van der Waals surface area contributed by atoms with Gasteiger partial charge in [0.1, 0.15) is 0 Å². The van der Waals surface area contributed by atoms with Crippen LogP contribution in [-0.2, 0) is 9.47 Å². The normalized spacial score (nSPS) is 25.3. The van der Waals surface area contributed by atoms with Gasteiger partial charge in [-0.2, -0.15) is 0 Å². The fourth-order valence-electron chi connectivity index (χ4n) is 1.88. The molecule has 0 aromatic heterocycles. The first-order valence-electron chi connectivity index (χ1n) is 5.58. The van der Waals surface area contributed by atoms with E-state index in [9.17, 15) is 0 Å². The molecule has 0 saturated carbocycles. The third-order valence-electron chi connectivity index (χ3n) is 2.89. The Bertz CT molecular complexity index is 171. The fraction of sp³-hybridized carbons (Fsp3) is 1.00. The Balaban J connectivity index is 2.49. The zero-order valence-corrected chi connectivity index (χ0v) is 9.88. The van der Waals surface area contributed by atoms with Crippen molar-refractivity contribution in [1.82, 2.24) is 4.90 Å². The van der Waals surface area contributed by atoms with Crippen LogP contribution in [0.2, 0.25) is 0 Å². The molecule has 3 nitrogen and oxygen atoms in total. The summed E-state index contributed by atoms with van der Waals surface area (Å²) in [6.45, 7) is 13.2. The maximum Gasteiger partial charge on any atom is 0.0986 e. The summed E-state index contributed by atoms with van der Waals surface area (Å²) in [4.78, 5) is 2.41. The quantitative estimate of drug-likeness (QED) is 0.688. The van der Waals surface area contributed by atoms with Gasteiger partial charge in [-0.25, -0.2) is 0 Å². The second-order valence-electron chi connectivity index (χ2n) is 4.29. The monoisotopic (exact) mass is 201 g/mol. The Morgan fingerprint density at radius 1 is 1.43 bits per heavy atom. The van der Waals surface area contributed by atoms with Crippen LogP contribution in [0.25, 0.3) is 0 Å². The highest BCUT2D eigenvalue weighted by atomic mass is 16.6. The molecule has 84 valence electrons. The van der Waals surface area contributed by atoms with Crippen molar-refractivity contribution in [3.05, 3.63) is 0 Å². The van der Waals surface area contributed by atoms with Crippen molar-refractivity contribution in [3.63, 3.8) is 0 Å². The molecule has 0 amide bonds. The van der Waals surface area contributed by atoms with Crippen LogP contribution in [0.15, 0.2) is 0 Å². The highest BCUT2D eigenvalue weighted by Crippen LogP contribution is 2.21. The Morgan fingerprint density at radius 3 is 2.71 bits per heavy atom. The minimum atomic E-state index is -0.164. The molecule has 0 N–H and O–H groups in total. The predicted molar refractivity (Wildman–Crippen MR) is 57.6 cm³/mol. The molecule has 0 aromatic carbocycles. The van der Waals surface area contributed by atoms with E-state index in [0.29, 0.717) is 0 Å². The molecule has 1 atom stereocenters. The van der Waals surface area contributed by atoms with Crippen molar-refractivity contribution in [3.8, 4) is 0 Å². The minimum absolute atomic E-state index is 0.164. The van der Waals surface area contributed by atoms with E-state index in [1.165, 1.54) is 0 Å². The first-order valence-corrected chi connectivity index (χ1v) is 5.58. The van der Waals surface area contributed by atoms with Gasteiger partial charge in [-0.1, -0.05) is 6.92 Å². The van der Waals surface area contributed by atoms with Gasteiger partial charge in [-0.05, 0) is 27.3 Å². The second kappa shape index (κ2) is 5.10. The standard InChI is InChI=1S/C11H23NO2/c1-5-12-7-8-13-10(9-12)11(3,4)14-6-2/h10H,5-9H2,1-4H3. The van der Waals surface area contributed by atoms with Crippen LogP contribution in [0.5, 0.6) is 0 Å². The average Bonchev–Trinajstić information content (AvgIpc) is 2.18. The lowest BCUT2D eigenvalue weighted by atomic mass is 10.00. The Kier molecular flexibility index (Phi) is 4.35. The van der Waals surface area contributed by atoms with Gasteiger partial charge in [0.2, 0.25) is 0 Å². The number of hydrogen-bond donors (Lipinski definition) is 0. The highest BCUT2D eigenvalue weighted by Gasteiger charge is 2.34. The summed E-state index contributed by atoms with van der Waals surface area (Å²) in [6, 6.07) is 0. The van der Waals surface area contributed by atoms with Gasteiger partial charge in [0, 0.05) is 19.7 Å². The van der Waals surface area contributed by atoms with Gasteiger partial charge < -0.3 is 9.47 Å². The van der Waals surface area contributed by atoms with Gasteiger partial charge in [0.05, 0.1) is 18.3 Å². The van der Waals surface area contributed by atoms with Crippen LogP contribution in [-0.4, -0.2) is 49.5 Å². The zero-order chi connectivity index (χ0) is 10.6. The Labute approximate surface area is 87.4 Å². The molecule has 1 saturated heterocycles. The van der Waals surface area contributed by atoms with Crippen LogP contribution in [0.4, 0.5) is 0 Å². The molecule has 0 aliphatic carbocycles. The third-order valence-corrected chi connectivity index (χ3v) is 2.89. The van der Waals surface area contributed by atoms with E-state index in [0.717, 1.165) is 32.8 Å². The number of morpholine rings is 1. The number of rotatable bonds is 4. The molecule has 0 spiro atoms. The van der Waals surface area contributed by atoms with Crippen molar-refractivity contribution >= 4 is 0 Å². The summed E-state index contributed by atoms with van der Waals surface area (Å²) >= 11 is 0. The molecular formula is C11H23NO2. The van der Waals surface area contributed by atoms with Crippen LogP contribution in [0.1, 0.15) is 27.7 Å². The number of ether oxygens (including phenoxy) is 2. The maximum absolute atomic E-state index is 5.76. The first kappa shape index (κ1) is 12.0. The van der Waals surface area contributed by atoms with Crippen molar-refractivity contribution in [2.75, 3.05) is 32.8 Å². The van der Waals surface area contributed by atoms with Crippen molar-refractivity contribution in [1.29, 1.82) is 0 Å². The van der Waals surface area contributed by atoms with E-state index < -0.39 is 0 Å². The van der Waals surface area contributed by atoms with Crippen LogP contribution >= 0.6 is 0 Å². The van der Waals surface area contributed by atoms with E-state index >= 15 is 0 Å². The number of likely N-dealkylation sites (N-methyl/N-ethyl adjacent to an activating group) is 1. The lowest BCUT2D eigenvalue weighted by Gasteiger charge is -2.40. The van der Waals surface area contributed by atoms with E-state index in [2.05, 4.69) is 25.7 Å². The molecule has 0 radical (unpaired) electrons. The van der Waals surface area contributed by atoms with Crippen molar-refractivity contribution in [2.45, 2.75) is 39.4 Å². The Hall–Kier alpha value is -0.120. The molecular weight excluding hydrogens is 178 g/mol. The molecule has 1 aliphatic rings. The smallest absolute Gasteiger partial charge is 0.0986 e. The van der Waals surface area contributed by atoms with Crippen LogP contribution in [0, 0.1) is 0 Å². The zero-order valence-electron chi connectivity index (χ0n) is 9.88. The van der Waals surface area contributed by atoms with E-state index in [4.69, 9.17) is 9.47 Å². The molecule has 1 rings (SSSR count). The van der Waals surface area contributed by atoms with Gasteiger partial charge >= 0.3 is 0 Å². The average molecular weight is 201 g/mol. The van der Waals surface area contributed by atoms with Crippen molar-refractivity contribution < 1.29 is 9.47 Å². The summed E-state index contributed by atoms with van der Waals surface area (Å²) in [6.07, 6.45) is 0.205. The largest absolute Gasteiger partial charge is 0.373 e. The van der Waals surface area contributed by atoms with E-state index in [1.807, 2.05) is 6.92 Å². The predicted octanol–water partition coefficient (Wildman–Crippen LogP) is 1.52. The summed E-state index contributed by atoms with van der Waals surface area (Å²) in [7, 11) is 0. The second-order valence-corrected chi connectivity index (χ2v) is 4.29. The Morgan fingerprint density at radius 2 is 2.14 bits per heavy atom. The number of nitrogens with zero attached hydrogens (tertiary/aromatic N) is 1. The van der Waals surface area contributed by atoms with Crippen LogP contribution < -0.4 is 0 Å². The summed E-state index contributed by atoms with van der Waals surface area (Å²) in [5, 5.41) is 0. The van der Waals surface area contributed by atoms with Gasteiger partial charge in [-0.3, -0.25) is 4.90 Å². The van der Waals surface area contributed by atoms with E-state index in [1.54, 1.807) is 0 Å². The lowest BCUT2D eigenvalue weighted by Crippen LogP contribution is -2.52. The molecule has 0 bridgehead atoms. The molecule has 3 heteroatoms. The molecule has 1 fully saturated rings. The van der Waals surface area contributed by atoms with Crippen LogP contribution in [0.3, 0.4) is 0 Å². The topological polar surface area (TPSA) is 21.7 Å².